The largest absolute Gasteiger partial charge is 0.353 e. The van der Waals surface area contributed by atoms with Crippen LogP contribution in [-0.2, 0) is 12.8 Å². The van der Waals surface area contributed by atoms with Gasteiger partial charge in [-0.3, -0.25) is 9.59 Å². The van der Waals surface area contributed by atoms with Crippen LogP contribution in [0.3, 0.4) is 0 Å². The van der Waals surface area contributed by atoms with Crippen molar-refractivity contribution in [2.75, 3.05) is 36.8 Å². The number of aryl methyl sites for hydroxylation is 2. The van der Waals surface area contributed by atoms with Gasteiger partial charge in [0.25, 0.3) is 5.91 Å². The van der Waals surface area contributed by atoms with Crippen molar-refractivity contribution in [1.29, 1.82) is 0 Å². The molecule has 2 aromatic heterocycles. The van der Waals surface area contributed by atoms with Gasteiger partial charge in [-0.15, -0.1) is 0 Å². The fourth-order valence-corrected chi connectivity index (χ4v) is 4.62. The fraction of sp³-hybridized carbons (Fsp3) is 0.417. The van der Waals surface area contributed by atoms with E-state index in [0.717, 1.165) is 45.4 Å². The van der Waals surface area contributed by atoms with Crippen LogP contribution in [0.5, 0.6) is 0 Å². The Labute approximate surface area is 186 Å². The average Bonchev–Trinajstić information content (AvgIpc) is 3.28. The molecule has 3 aromatic rings. The van der Waals surface area contributed by atoms with Crippen LogP contribution in [0.25, 0.3) is 11.0 Å². The molecule has 3 heterocycles. The summed E-state index contributed by atoms with van der Waals surface area (Å²) in [4.78, 5) is 39.8. The molecular formula is C24H28N6O2. The van der Waals surface area contributed by atoms with Gasteiger partial charge in [-0.25, -0.2) is 4.98 Å². The Kier molecular flexibility index (Phi) is 5.85. The van der Waals surface area contributed by atoms with Crippen molar-refractivity contribution in [3.8, 4) is 0 Å². The molecule has 2 aliphatic rings. The fourth-order valence-electron chi connectivity index (χ4n) is 4.62. The highest BCUT2D eigenvalue weighted by molar-refractivity contribution is 6.05. The Morgan fingerprint density at radius 2 is 1.94 bits per heavy atom. The Bertz CT molecular complexity index is 1200. The lowest BCUT2D eigenvalue weighted by Gasteiger charge is -2.26. The van der Waals surface area contributed by atoms with Gasteiger partial charge in [-0.1, -0.05) is 12.5 Å². The van der Waals surface area contributed by atoms with E-state index < -0.39 is 5.91 Å². The number of likely N-dealkylation sites (tertiary alicyclic amines) is 1. The zero-order chi connectivity index (χ0) is 21.9. The number of aromatic amines is 1. The van der Waals surface area contributed by atoms with Gasteiger partial charge in [0.05, 0.1) is 5.39 Å². The van der Waals surface area contributed by atoms with E-state index in [4.69, 9.17) is 0 Å². The number of nitrogens with zero attached hydrogens (tertiary/aromatic N) is 3. The average molecular weight is 433 g/mol. The first-order valence-corrected chi connectivity index (χ1v) is 11.5. The smallest absolute Gasteiger partial charge is 0.261 e. The lowest BCUT2D eigenvalue weighted by Crippen LogP contribution is -2.33. The first kappa shape index (κ1) is 20.6. The van der Waals surface area contributed by atoms with Crippen molar-refractivity contribution in [2.24, 2.45) is 0 Å². The molecule has 166 valence electrons. The number of aromatic nitrogens is 3. The zero-order valence-electron chi connectivity index (χ0n) is 18.1. The SMILES string of the molecule is O=C(Nc1ccc2c(c1)CCC2)c1c[nH]c2nc(NCCN3CCCCC3)ncc2c1=O. The van der Waals surface area contributed by atoms with Gasteiger partial charge in [0.2, 0.25) is 11.4 Å². The number of hydrogen-bond acceptors (Lipinski definition) is 6. The molecule has 0 bridgehead atoms. The van der Waals surface area contributed by atoms with Crippen molar-refractivity contribution < 1.29 is 4.79 Å². The molecule has 8 heteroatoms. The van der Waals surface area contributed by atoms with Crippen LogP contribution in [-0.4, -0.2) is 51.9 Å². The monoisotopic (exact) mass is 432 g/mol. The van der Waals surface area contributed by atoms with Gasteiger partial charge < -0.3 is 20.5 Å². The van der Waals surface area contributed by atoms with Crippen LogP contribution in [0.4, 0.5) is 11.6 Å². The zero-order valence-corrected chi connectivity index (χ0v) is 18.1. The number of piperidine rings is 1. The van der Waals surface area contributed by atoms with Crippen LogP contribution in [0.2, 0.25) is 0 Å². The standard InChI is InChI=1S/C24H28N6O2/c31-21-19-14-27-24(25-9-12-30-10-2-1-3-11-30)29-22(19)26-15-20(21)23(32)28-18-8-7-16-5-4-6-17(16)13-18/h7-8,13-15H,1-6,9-12H2,(H,28,32)(H2,25,26,27,29,31). The van der Waals surface area contributed by atoms with Gasteiger partial charge >= 0.3 is 0 Å². The first-order chi connectivity index (χ1) is 15.7. The molecule has 1 fully saturated rings. The van der Waals surface area contributed by atoms with Crippen LogP contribution in [0, 0.1) is 0 Å². The summed E-state index contributed by atoms with van der Waals surface area (Å²) in [5.41, 5.74) is 3.40. The molecule has 5 rings (SSSR count). The Balaban J connectivity index is 1.27. The summed E-state index contributed by atoms with van der Waals surface area (Å²) in [5.74, 6) is 0.0373. The van der Waals surface area contributed by atoms with Gasteiger partial charge in [-0.05, 0) is 68.5 Å². The topological polar surface area (TPSA) is 103 Å². The second kappa shape index (κ2) is 9.08. The minimum atomic E-state index is -0.435. The van der Waals surface area contributed by atoms with E-state index in [2.05, 4.69) is 36.6 Å². The summed E-state index contributed by atoms with van der Waals surface area (Å²) in [6.45, 7) is 3.98. The number of H-pyrrole nitrogens is 1. The number of carbonyl (C=O) groups is 1. The molecule has 0 radical (unpaired) electrons. The number of amides is 1. The third-order valence-corrected chi connectivity index (χ3v) is 6.39. The maximum absolute atomic E-state index is 12.9. The molecule has 32 heavy (non-hydrogen) atoms. The summed E-state index contributed by atoms with van der Waals surface area (Å²) >= 11 is 0. The van der Waals surface area contributed by atoms with Crippen molar-refractivity contribution >= 4 is 28.6 Å². The number of fused-ring (bicyclic) bond motifs is 2. The van der Waals surface area contributed by atoms with E-state index in [0.29, 0.717) is 22.7 Å². The Morgan fingerprint density at radius 1 is 1.09 bits per heavy atom. The normalized spacial score (nSPS) is 16.1. The van der Waals surface area contributed by atoms with Gasteiger partial charge in [0.15, 0.2) is 0 Å². The summed E-state index contributed by atoms with van der Waals surface area (Å²) in [6.07, 6.45) is 10.0. The van der Waals surface area contributed by atoms with Crippen LogP contribution >= 0.6 is 0 Å². The van der Waals surface area contributed by atoms with Gasteiger partial charge in [-0.2, -0.15) is 4.98 Å². The highest BCUT2D eigenvalue weighted by Crippen LogP contribution is 2.25. The Morgan fingerprint density at radius 3 is 2.81 bits per heavy atom. The highest BCUT2D eigenvalue weighted by atomic mass is 16.2. The third-order valence-electron chi connectivity index (χ3n) is 6.39. The molecular weight excluding hydrogens is 404 g/mol. The number of hydrogen-bond donors (Lipinski definition) is 3. The minimum Gasteiger partial charge on any atom is -0.353 e. The molecule has 0 unspecified atom stereocenters. The van der Waals surface area contributed by atoms with Crippen molar-refractivity contribution in [2.45, 2.75) is 38.5 Å². The number of anilines is 2. The second-order valence-corrected chi connectivity index (χ2v) is 8.61. The van der Waals surface area contributed by atoms with Crippen molar-refractivity contribution in [3.63, 3.8) is 0 Å². The number of rotatable bonds is 6. The van der Waals surface area contributed by atoms with Crippen molar-refractivity contribution in [1.82, 2.24) is 19.9 Å². The molecule has 8 nitrogen and oxygen atoms in total. The summed E-state index contributed by atoms with van der Waals surface area (Å²) in [6, 6.07) is 5.94. The molecule has 1 aliphatic heterocycles. The lowest BCUT2D eigenvalue weighted by molar-refractivity contribution is 0.102. The molecule has 1 saturated heterocycles. The van der Waals surface area contributed by atoms with E-state index in [1.807, 2.05) is 12.1 Å². The second-order valence-electron chi connectivity index (χ2n) is 8.61. The molecule has 3 N–H and O–H groups in total. The molecule has 1 aliphatic carbocycles. The van der Waals surface area contributed by atoms with Crippen LogP contribution < -0.4 is 16.1 Å². The van der Waals surface area contributed by atoms with Gasteiger partial charge in [0.1, 0.15) is 11.2 Å². The third kappa shape index (κ3) is 4.36. The first-order valence-electron chi connectivity index (χ1n) is 11.5. The number of nitrogens with one attached hydrogen (secondary N) is 3. The maximum Gasteiger partial charge on any atom is 0.261 e. The number of carbonyl (C=O) groups excluding carboxylic acids is 1. The quantitative estimate of drug-likeness (QED) is 0.553. The molecule has 1 aromatic carbocycles. The van der Waals surface area contributed by atoms with E-state index in [1.54, 1.807) is 0 Å². The summed E-state index contributed by atoms with van der Waals surface area (Å²) in [5, 5.41) is 6.38. The van der Waals surface area contributed by atoms with Crippen LogP contribution in [0.15, 0.2) is 35.4 Å². The number of pyridine rings is 1. The van der Waals surface area contributed by atoms with E-state index in [-0.39, 0.29) is 11.0 Å². The molecule has 0 atom stereocenters. The van der Waals surface area contributed by atoms with E-state index >= 15 is 0 Å². The van der Waals surface area contributed by atoms with Crippen LogP contribution in [0.1, 0.15) is 47.2 Å². The summed E-state index contributed by atoms with van der Waals surface area (Å²) < 4.78 is 0. The predicted octanol–water partition coefficient (Wildman–Crippen LogP) is 2.96. The molecule has 0 saturated carbocycles. The van der Waals surface area contributed by atoms with Gasteiger partial charge in [0, 0.05) is 31.2 Å². The van der Waals surface area contributed by atoms with Crippen molar-refractivity contribution in [3.05, 3.63) is 57.5 Å². The predicted molar refractivity (Wildman–Crippen MR) is 125 cm³/mol. The van der Waals surface area contributed by atoms with E-state index in [1.165, 1.54) is 42.8 Å². The van der Waals surface area contributed by atoms with E-state index in [9.17, 15) is 9.59 Å². The lowest BCUT2D eigenvalue weighted by atomic mass is 10.1. The molecule has 1 amide bonds. The molecule has 0 spiro atoms. The number of benzene rings is 1. The highest BCUT2D eigenvalue weighted by Gasteiger charge is 2.17. The summed E-state index contributed by atoms with van der Waals surface area (Å²) in [7, 11) is 0. The Hall–Kier alpha value is -3.26. The maximum atomic E-state index is 12.9. The minimum absolute atomic E-state index is 0.0485.